The summed E-state index contributed by atoms with van der Waals surface area (Å²) >= 11 is 0. The molecule has 2 aromatic carbocycles. The van der Waals surface area contributed by atoms with E-state index >= 15 is 0 Å². The number of amides is 2. The van der Waals surface area contributed by atoms with Crippen molar-refractivity contribution >= 4 is 17.5 Å². The molecule has 2 rings (SSSR count). The molecule has 0 fully saturated rings. The number of ether oxygens (including phenoxy) is 2. The Hall–Kier alpha value is -2.86. The van der Waals surface area contributed by atoms with Crippen LogP contribution in [0.3, 0.4) is 0 Å². The first-order valence-electron chi connectivity index (χ1n) is 9.45. The fourth-order valence-electron chi connectivity index (χ4n) is 2.58. The topological polar surface area (TPSA) is 76.7 Å². The highest BCUT2D eigenvalue weighted by Crippen LogP contribution is 2.17. The minimum Gasteiger partial charge on any atom is -0.481 e. The number of hydrogen-bond acceptors (Lipinski definition) is 4. The number of nitrogens with one attached hydrogen (secondary N) is 2. The Kier molecular flexibility index (Phi) is 8.49. The quantitative estimate of drug-likeness (QED) is 0.614. The standard InChI is InChI=1S/C22H28N2O4/c1-4-20(28-19-11-9-16(2)10-12-19)22(26)24-18-8-5-7-17(15-18)21(25)23-13-6-14-27-3/h5,7-12,15,20H,4,6,13-14H2,1-3H3,(H,23,25)(H,24,26). The molecule has 6 nitrogen and oxygen atoms in total. The largest absolute Gasteiger partial charge is 0.481 e. The van der Waals surface area contributed by atoms with E-state index in [1.807, 2.05) is 38.1 Å². The molecule has 0 aliphatic carbocycles. The molecule has 1 atom stereocenters. The summed E-state index contributed by atoms with van der Waals surface area (Å²) in [5.41, 5.74) is 2.17. The van der Waals surface area contributed by atoms with Crippen molar-refractivity contribution in [2.24, 2.45) is 0 Å². The smallest absolute Gasteiger partial charge is 0.265 e. The van der Waals surface area contributed by atoms with Gasteiger partial charge in [-0.2, -0.15) is 0 Å². The molecule has 0 spiro atoms. The van der Waals surface area contributed by atoms with Gasteiger partial charge >= 0.3 is 0 Å². The SMILES string of the molecule is CCC(Oc1ccc(C)cc1)C(=O)Nc1cccc(C(=O)NCCCOC)c1. The highest BCUT2D eigenvalue weighted by Gasteiger charge is 2.19. The first-order chi connectivity index (χ1) is 13.5. The average Bonchev–Trinajstić information content (AvgIpc) is 2.70. The molecular weight excluding hydrogens is 356 g/mol. The van der Waals surface area contributed by atoms with Gasteiger partial charge in [-0.15, -0.1) is 0 Å². The minimum atomic E-state index is -0.616. The number of benzene rings is 2. The number of hydrogen-bond donors (Lipinski definition) is 2. The second-order valence-corrected chi connectivity index (χ2v) is 6.50. The number of methoxy groups -OCH3 is 1. The first-order valence-corrected chi connectivity index (χ1v) is 9.45. The summed E-state index contributed by atoms with van der Waals surface area (Å²) in [6.45, 7) is 5.01. The molecule has 28 heavy (non-hydrogen) atoms. The molecule has 0 saturated heterocycles. The third-order valence-corrected chi connectivity index (χ3v) is 4.17. The lowest BCUT2D eigenvalue weighted by atomic mass is 10.1. The average molecular weight is 384 g/mol. The van der Waals surface area contributed by atoms with E-state index in [2.05, 4.69) is 10.6 Å². The molecule has 150 valence electrons. The van der Waals surface area contributed by atoms with Crippen LogP contribution in [0.2, 0.25) is 0 Å². The zero-order valence-corrected chi connectivity index (χ0v) is 16.7. The maximum atomic E-state index is 12.6. The van der Waals surface area contributed by atoms with E-state index in [1.54, 1.807) is 31.4 Å². The molecule has 0 bridgehead atoms. The van der Waals surface area contributed by atoms with Crippen LogP contribution >= 0.6 is 0 Å². The van der Waals surface area contributed by atoms with Crippen molar-refractivity contribution in [3.05, 3.63) is 59.7 Å². The second-order valence-electron chi connectivity index (χ2n) is 6.50. The van der Waals surface area contributed by atoms with Crippen LogP contribution in [0.25, 0.3) is 0 Å². The van der Waals surface area contributed by atoms with Crippen LogP contribution in [-0.4, -0.2) is 38.2 Å². The van der Waals surface area contributed by atoms with Gasteiger partial charge in [-0.25, -0.2) is 0 Å². The summed E-state index contributed by atoms with van der Waals surface area (Å²) in [7, 11) is 1.63. The second kappa shape index (κ2) is 11.1. The van der Waals surface area contributed by atoms with Gasteiger partial charge in [-0.3, -0.25) is 9.59 Å². The Labute approximate surface area is 166 Å². The Morgan fingerprint density at radius 3 is 2.54 bits per heavy atom. The molecule has 0 aromatic heterocycles. The van der Waals surface area contributed by atoms with Crippen LogP contribution in [0, 0.1) is 6.92 Å². The highest BCUT2D eigenvalue weighted by atomic mass is 16.5. The van der Waals surface area contributed by atoms with Gasteiger partial charge in [0.25, 0.3) is 11.8 Å². The van der Waals surface area contributed by atoms with Crippen molar-refractivity contribution in [2.75, 3.05) is 25.6 Å². The van der Waals surface area contributed by atoms with Gasteiger partial charge in [-0.05, 0) is 50.1 Å². The molecule has 0 saturated carbocycles. The van der Waals surface area contributed by atoms with Crippen molar-refractivity contribution in [1.29, 1.82) is 0 Å². The maximum Gasteiger partial charge on any atom is 0.265 e. The van der Waals surface area contributed by atoms with E-state index in [9.17, 15) is 9.59 Å². The maximum absolute atomic E-state index is 12.6. The summed E-state index contributed by atoms with van der Waals surface area (Å²) < 4.78 is 10.8. The summed E-state index contributed by atoms with van der Waals surface area (Å²) in [6, 6.07) is 14.4. The van der Waals surface area contributed by atoms with Gasteiger partial charge in [0.15, 0.2) is 6.10 Å². The molecule has 0 heterocycles. The van der Waals surface area contributed by atoms with Crippen molar-refractivity contribution in [2.45, 2.75) is 32.8 Å². The Morgan fingerprint density at radius 2 is 1.86 bits per heavy atom. The fraction of sp³-hybridized carbons (Fsp3) is 0.364. The molecule has 2 amide bonds. The van der Waals surface area contributed by atoms with Crippen molar-refractivity contribution in [3.63, 3.8) is 0 Å². The van der Waals surface area contributed by atoms with Crippen LogP contribution in [0.15, 0.2) is 48.5 Å². The number of carbonyl (C=O) groups excluding carboxylic acids is 2. The van der Waals surface area contributed by atoms with E-state index in [0.717, 1.165) is 12.0 Å². The monoisotopic (exact) mass is 384 g/mol. The molecule has 2 N–H and O–H groups in total. The lowest BCUT2D eigenvalue weighted by Gasteiger charge is -2.17. The van der Waals surface area contributed by atoms with Gasteiger partial charge in [0.2, 0.25) is 0 Å². The molecule has 1 unspecified atom stereocenters. The third-order valence-electron chi connectivity index (χ3n) is 4.17. The summed E-state index contributed by atoms with van der Waals surface area (Å²) in [6.07, 6.45) is 0.654. The Morgan fingerprint density at radius 1 is 1.11 bits per heavy atom. The zero-order valence-electron chi connectivity index (χ0n) is 16.7. The van der Waals surface area contributed by atoms with Crippen LogP contribution in [0.4, 0.5) is 5.69 Å². The summed E-state index contributed by atoms with van der Waals surface area (Å²) in [4.78, 5) is 24.8. The van der Waals surface area contributed by atoms with Gasteiger partial charge in [0.1, 0.15) is 5.75 Å². The Balaban J connectivity index is 1.96. The zero-order chi connectivity index (χ0) is 20.4. The molecule has 0 radical (unpaired) electrons. The number of aryl methyl sites for hydroxylation is 1. The van der Waals surface area contributed by atoms with E-state index in [0.29, 0.717) is 36.6 Å². The van der Waals surface area contributed by atoms with E-state index in [4.69, 9.17) is 9.47 Å². The van der Waals surface area contributed by atoms with Gasteiger partial charge in [0, 0.05) is 31.5 Å². The lowest BCUT2D eigenvalue weighted by Crippen LogP contribution is -2.32. The predicted octanol–water partition coefficient (Wildman–Crippen LogP) is 3.56. The number of carbonyl (C=O) groups is 2. The fourth-order valence-corrected chi connectivity index (χ4v) is 2.58. The van der Waals surface area contributed by atoms with Crippen LogP contribution in [0.1, 0.15) is 35.7 Å². The molecule has 6 heteroatoms. The molecule has 2 aromatic rings. The third kappa shape index (κ3) is 6.70. The van der Waals surface area contributed by atoms with E-state index in [1.165, 1.54) is 0 Å². The van der Waals surface area contributed by atoms with Gasteiger partial charge < -0.3 is 20.1 Å². The lowest BCUT2D eigenvalue weighted by molar-refractivity contribution is -0.122. The van der Waals surface area contributed by atoms with Crippen molar-refractivity contribution < 1.29 is 19.1 Å². The van der Waals surface area contributed by atoms with Gasteiger partial charge in [0.05, 0.1) is 0 Å². The molecular formula is C22H28N2O4. The van der Waals surface area contributed by atoms with Crippen molar-refractivity contribution in [3.8, 4) is 5.75 Å². The van der Waals surface area contributed by atoms with Crippen LogP contribution in [-0.2, 0) is 9.53 Å². The summed E-state index contributed by atoms with van der Waals surface area (Å²) in [5.74, 6) is 0.215. The normalized spacial score (nSPS) is 11.5. The van der Waals surface area contributed by atoms with Crippen LogP contribution < -0.4 is 15.4 Å². The van der Waals surface area contributed by atoms with Crippen LogP contribution in [0.5, 0.6) is 5.75 Å². The number of anilines is 1. The van der Waals surface area contributed by atoms with E-state index < -0.39 is 6.10 Å². The molecule has 0 aliphatic heterocycles. The summed E-state index contributed by atoms with van der Waals surface area (Å²) in [5, 5.41) is 5.66. The van der Waals surface area contributed by atoms with Crippen molar-refractivity contribution in [1.82, 2.24) is 5.32 Å². The highest BCUT2D eigenvalue weighted by molar-refractivity contribution is 5.98. The number of rotatable bonds is 10. The first kappa shape index (κ1) is 21.4. The van der Waals surface area contributed by atoms with E-state index in [-0.39, 0.29) is 11.8 Å². The molecule has 0 aliphatic rings. The predicted molar refractivity (Wildman–Crippen MR) is 110 cm³/mol. The Bertz CT molecular complexity index is 774. The minimum absolute atomic E-state index is 0.185. The van der Waals surface area contributed by atoms with Gasteiger partial charge in [-0.1, -0.05) is 30.7 Å².